The van der Waals surface area contributed by atoms with Gasteiger partial charge in [0.1, 0.15) is 0 Å². The lowest BCUT2D eigenvalue weighted by atomic mass is 9.87. The van der Waals surface area contributed by atoms with Gasteiger partial charge in [-0.1, -0.05) is 13.3 Å². The van der Waals surface area contributed by atoms with E-state index in [1.807, 2.05) is 18.7 Å². The maximum Gasteiger partial charge on any atom is 0.236 e. The van der Waals surface area contributed by atoms with Crippen molar-refractivity contribution in [3.63, 3.8) is 0 Å². The number of hydrogen-bond acceptors (Lipinski definition) is 3. The highest BCUT2D eigenvalue weighted by Gasteiger charge is 2.30. The number of amides is 1. The third-order valence-corrected chi connectivity index (χ3v) is 4.25. The van der Waals surface area contributed by atoms with Crippen molar-refractivity contribution in [3.8, 4) is 0 Å². The van der Waals surface area contributed by atoms with Crippen molar-refractivity contribution in [1.29, 1.82) is 0 Å². The zero-order chi connectivity index (χ0) is 13.5. The average Bonchev–Trinajstić information content (AvgIpc) is 2.39. The van der Waals surface area contributed by atoms with Gasteiger partial charge in [-0.05, 0) is 39.2 Å². The quantitative estimate of drug-likeness (QED) is 0.778. The minimum absolute atomic E-state index is 0.246. The summed E-state index contributed by atoms with van der Waals surface area (Å²) in [5.41, 5.74) is 5.91. The van der Waals surface area contributed by atoms with Crippen molar-refractivity contribution < 1.29 is 4.79 Å². The Labute approximate surface area is 111 Å². The van der Waals surface area contributed by atoms with E-state index >= 15 is 0 Å². The van der Waals surface area contributed by atoms with Crippen LogP contribution >= 0.6 is 0 Å². The first-order chi connectivity index (χ1) is 8.67. The van der Waals surface area contributed by atoms with E-state index in [0.29, 0.717) is 25.0 Å². The standard InChI is InChI=1S/C14H29N3O/c1-4-12-8-7-9-17(13(12)10-15)11-14(18)16(5-2)6-3/h12-13H,4-11,15H2,1-3H3. The van der Waals surface area contributed by atoms with Gasteiger partial charge in [0, 0.05) is 25.7 Å². The Morgan fingerprint density at radius 2 is 2.00 bits per heavy atom. The first kappa shape index (κ1) is 15.4. The van der Waals surface area contributed by atoms with Gasteiger partial charge in [-0.3, -0.25) is 9.69 Å². The number of likely N-dealkylation sites (tertiary alicyclic amines) is 1. The van der Waals surface area contributed by atoms with Crippen LogP contribution in [0.25, 0.3) is 0 Å². The van der Waals surface area contributed by atoms with Crippen molar-refractivity contribution >= 4 is 5.91 Å². The lowest BCUT2D eigenvalue weighted by Crippen LogP contribution is -2.52. The molecular formula is C14H29N3O. The van der Waals surface area contributed by atoms with Crippen molar-refractivity contribution in [2.24, 2.45) is 11.7 Å². The normalized spacial score (nSPS) is 25.1. The van der Waals surface area contributed by atoms with E-state index in [2.05, 4.69) is 11.8 Å². The number of nitrogens with two attached hydrogens (primary N) is 1. The molecule has 0 radical (unpaired) electrons. The second kappa shape index (κ2) is 7.74. The molecule has 1 aliphatic rings. The Morgan fingerprint density at radius 1 is 1.33 bits per heavy atom. The molecule has 4 nitrogen and oxygen atoms in total. The van der Waals surface area contributed by atoms with Crippen LogP contribution in [0.5, 0.6) is 0 Å². The summed E-state index contributed by atoms with van der Waals surface area (Å²) in [5.74, 6) is 0.906. The van der Waals surface area contributed by atoms with Gasteiger partial charge in [-0.2, -0.15) is 0 Å². The van der Waals surface area contributed by atoms with Crippen LogP contribution in [0.2, 0.25) is 0 Å². The minimum atomic E-state index is 0.246. The molecule has 0 aromatic heterocycles. The fourth-order valence-corrected chi connectivity index (χ4v) is 3.08. The highest BCUT2D eigenvalue weighted by atomic mass is 16.2. The van der Waals surface area contributed by atoms with E-state index in [0.717, 1.165) is 26.1 Å². The summed E-state index contributed by atoms with van der Waals surface area (Å²) in [5, 5.41) is 0. The van der Waals surface area contributed by atoms with Crippen LogP contribution in [0, 0.1) is 5.92 Å². The fourth-order valence-electron chi connectivity index (χ4n) is 3.08. The largest absolute Gasteiger partial charge is 0.342 e. The predicted octanol–water partition coefficient (Wildman–Crippen LogP) is 1.30. The second-order valence-electron chi connectivity index (χ2n) is 5.15. The highest BCUT2D eigenvalue weighted by molar-refractivity contribution is 5.78. The van der Waals surface area contributed by atoms with Crippen molar-refractivity contribution in [2.45, 2.75) is 46.1 Å². The summed E-state index contributed by atoms with van der Waals surface area (Å²) in [7, 11) is 0. The van der Waals surface area contributed by atoms with Gasteiger partial charge in [0.15, 0.2) is 0 Å². The molecule has 2 N–H and O–H groups in total. The van der Waals surface area contributed by atoms with E-state index in [1.54, 1.807) is 0 Å². The maximum absolute atomic E-state index is 12.2. The van der Waals surface area contributed by atoms with E-state index in [9.17, 15) is 4.79 Å². The van der Waals surface area contributed by atoms with E-state index in [4.69, 9.17) is 5.73 Å². The Hall–Kier alpha value is -0.610. The van der Waals surface area contributed by atoms with Gasteiger partial charge in [0.25, 0.3) is 0 Å². The molecule has 1 heterocycles. The molecule has 0 aromatic rings. The third kappa shape index (κ3) is 3.69. The third-order valence-electron chi connectivity index (χ3n) is 4.25. The molecule has 2 atom stereocenters. The Balaban J connectivity index is 2.60. The molecule has 1 aliphatic heterocycles. The predicted molar refractivity (Wildman–Crippen MR) is 75.4 cm³/mol. The van der Waals surface area contributed by atoms with E-state index < -0.39 is 0 Å². The summed E-state index contributed by atoms with van der Waals surface area (Å²) in [4.78, 5) is 16.4. The topological polar surface area (TPSA) is 49.6 Å². The Kier molecular flexibility index (Phi) is 6.65. The molecule has 1 saturated heterocycles. The second-order valence-corrected chi connectivity index (χ2v) is 5.15. The molecule has 0 bridgehead atoms. The molecule has 1 amide bonds. The Morgan fingerprint density at radius 3 is 2.50 bits per heavy atom. The maximum atomic E-state index is 12.2. The van der Waals surface area contributed by atoms with E-state index in [-0.39, 0.29) is 5.91 Å². The lowest BCUT2D eigenvalue weighted by molar-refractivity contribution is -0.133. The zero-order valence-electron chi connectivity index (χ0n) is 12.2. The smallest absolute Gasteiger partial charge is 0.236 e. The van der Waals surface area contributed by atoms with Gasteiger partial charge in [-0.15, -0.1) is 0 Å². The molecule has 0 saturated carbocycles. The van der Waals surface area contributed by atoms with Crippen molar-refractivity contribution in [2.75, 3.05) is 32.7 Å². The molecular weight excluding hydrogens is 226 g/mol. The van der Waals surface area contributed by atoms with Gasteiger partial charge < -0.3 is 10.6 Å². The molecule has 0 spiro atoms. The van der Waals surface area contributed by atoms with Crippen molar-refractivity contribution in [3.05, 3.63) is 0 Å². The molecule has 1 rings (SSSR count). The van der Waals surface area contributed by atoms with Crippen LogP contribution in [0.3, 0.4) is 0 Å². The number of piperidine rings is 1. The first-order valence-electron chi connectivity index (χ1n) is 7.39. The molecule has 106 valence electrons. The number of rotatable bonds is 6. The summed E-state index contributed by atoms with van der Waals surface area (Å²) < 4.78 is 0. The molecule has 0 aliphatic carbocycles. The minimum Gasteiger partial charge on any atom is -0.342 e. The highest BCUT2D eigenvalue weighted by Crippen LogP contribution is 2.25. The number of nitrogens with zero attached hydrogens (tertiary/aromatic N) is 2. The number of carbonyl (C=O) groups excluding carboxylic acids is 1. The molecule has 2 unspecified atom stereocenters. The van der Waals surface area contributed by atoms with Crippen LogP contribution in [-0.2, 0) is 4.79 Å². The van der Waals surface area contributed by atoms with Gasteiger partial charge in [-0.25, -0.2) is 0 Å². The van der Waals surface area contributed by atoms with Crippen LogP contribution in [0.15, 0.2) is 0 Å². The molecule has 0 aromatic carbocycles. The fraction of sp³-hybridized carbons (Fsp3) is 0.929. The summed E-state index contributed by atoms with van der Waals surface area (Å²) in [6.07, 6.45) is 3.62. The number of hydrogen-bond donors (Lipinski definition) is 1. The van der Waals surface area contributed by atoms with Crippen LogP contribution in [0.4, 0.5) is 0 Å². The number of carbonyl (C=O) groups is 1. The monoisotopic (exact) mass is 255 g/mol. The molecule has 1 fully saturated rings. The van der Waals surface area contributed by atoms with Crippen molar-refractivity contribution in [1.82, 2.24) is 9.80 Å². The number of likely N-dealkylation sites (N-methyl/N-ethyl adjacent to an activating group) is 1. The van der Waals surface area contributed by atoms with Crippen LogP contribution < -0.4 is 5.73 Å². The van der Waals surface area contributed by atoms with Crippen LogP contribution in [-0.4, -0.2) is 54.5 Å². The summed E-state index contributed by atoms with van der Waals surface area (Å²) >= 11 is 0. The van der Waals surface area contributed by atoms with Crippen LogP contribution in [0.1, 0.15) is 40.0 Å². The van der Waals surface area contributed by atoms with Gasteiger partial charge >= 0.3 is 0 Å². The molecule has 18 heavy (non-hydrogen) atoms. The van der Waals surface area contributed by atoms with E-state index in [1.165, 1.54) is 12.8 Å². The van der Waals surface area contributed by atoms with Gasteiger partial charge in [0.05, 0.1) is 6.54 Å². The lowest BCUT2D eigenvalue weighted by Gasteiger charge is -2.40. The SMILES string of the molecule is CCC1CCCN(CC(=O)N(CC)CC)C1CN. The first-order valence-corrected chi connectivity index (χ1v) is 7.39. The summed E-state index contributed by atoms with van der Waals surface area (Å²) in [6, 6.07) is 0.392. The summed E-state index contributed by atoms with van der Waals surface area (Å²) in [6.45, 7) is 10.1. The zero-order valence-corrected chi connectivity index (χ0v) is 12.2. The molecule has 4 heteroatoms. The van der Waals surface area contributed by atoms with Gasteiger partial charge in [0.2, 0.25) is 5.91 Å². The average molecular weight is 255 g/mol. The Bertz CT molecular complexity index is 253.